The second kappa shape index (κ2) is 5.06. The van der Waals surface area contributed by atoms with Crippen LogP contribution in [0.1, 0.15) is 11.1 Å². The summed E-state index contributed by atoms with van der Waals surface area (Å²) in [5, 5.41) is 3.53. The monoisotopic (exact) mass is 321 g/mol. The largest absolute Gasteiger partial charge is 0.350 e. The van der Waals surface area contributed by atoms with E-state index in [0.717, 1.165) is 3.57 Å². The number of urea groups is 1. The molecule has 0 aliphatic rings. The van der Waals surface area contributed by atoms with E-state index in [1.165, 1.54) is 12.3 Å². The van der Waals surface area contributed by atoms with E-state index >= 15 is 0 Å². The number of halogens is 2. The van der Waals surface area contributed by atoms with Crippen molar-refractivity contribution in [1.82, 2.24) is 5.43 Å². The van der Waals surface area contributed by atoms with E-state index in [2.05, 4.69) is 5.10 Å². The number of hydrogen-bond donors (Lipinski definition) is 2. The van der Waals surface area contributed by atoms with E-state index in [-0.39, 0.29) is 5.82 Å². The van der Waals surface area contributed by atoms with Crippen LogP contribution in [0.15, 0.2) is 17.2 Å². The highest BCUT2D eigenvalue weighted by atomic mass is 127. The van der Waals surface area contributed by atoms with Crippen molar-refractivity contribution in [3.05, 3.63) is 32.6 Å². The van der Waals surface area contributed by atoms with Gasteiger partial charge in [0.05, 0.1) is 6.21 Å². The fraction of sp³-hybridized carbons (Fsp3) is 0.111. The molecule has 15 heavy (non-hydrogen) atoms. The molecule has 0 atom stereocenters. The van der Waals surface area contributed by atoms with Crippen molar-refractivity contribution >= 4 is 34.8 Å². The van der Waals surface area contributed by atoms with Crippen molar-refractivity contribution in [2.24, 2.45) is 10.8 Å². The summed E-state index contributed by atoms with van der Waals surface area (Å²) in [6.45, 7) is 1.69. The van der Waals surface area contributed by atoms with Gasteiger partial charge in [0.25, 0.3) is 0 Å². The molecule has 3 N–H and O–H groups in total. The number of rotatable bonds is 2. The Hall–Kier alpha value is -1.18. The molecule has 0 aliphatic carbocycles. The quantitative estimate of drug-likeness (QED) is 0.486. The fourth-order valence-electron chi connectivity index (χ4n) is 0.910. The molecule has 6 heteroatoms. The molecular weight excluding hydrogens is 312 g/mol. The molecule has 4 nitrogen and oxygen atoms in total. The normalized spacial score (nSPS) is 10.6. The first-order valence-corrected chi connectivity index (χ1v) is 5.12. The molecule has 1 aromatic carbocycles. The Bertz CT molecular complexity index is 397. The second-order valence-electron chi connectivity index (χ2n) is 2.84. The summed E-state index contributed by atoms with van der Waals surface area (Å²) in [5.74, 6) is -0.303. The molecule has 0 aromatic heterocycles. The minimum atomic E-state index is -0.756. The van der Waals surface area contributed by atoms with E-state index in [1.54, 1.807) is 13.0 Å². The highest BCUT2D eigenvalue weighted by Gasteiger charge is 2.03. The molecule has 1 rings (SSSR count). The van der Waals surface area contributed by atoms with Crippen molar-refractivity contribution < 1.29 is 9.18 Å². The Kier molecular flexibility index (Phi) is 4.01. The summed E-state index contributed by atoms with van der Waals surface area (Å²) in [5.41, 5.74) is 7.99. The number of carbonyl (C=O) groups excluding carboxylic acids is 1. The van der Waals surface area contributed by atoms with Crippen LogP contribution < -0.4 is 11.2 Å². The summed E-state index contributed by atoms with van der Waals surface area (Å²) in [6, 6.07) is 2.34. The Balaban J connectivity index is 2.87. The first-order chi connectivity index (χ1) is 7.00. The number of hydrazone groups is 1. The molecular formula is C9H9FIN3O. The van der Waals surface area contributed by atoms with E-state index in [0.29, 0.717) is 11.1 Å². The lowest BCUT2D eigenvalue weighted by Gasteiger charge is -2.01. The Morgan fingerprint density at radius 1 is 1.67 bits per heavy atom. The Labute approximate surface area is 99.9 Å². The molecule has 2 amide bonds. The van der Waals surface area contributed by atoms with Gasteiger partial charge in [-0.1, -0.05) is 0 Å². The van der Waals surface area contributed by atoms with Gasteiger partial charge in [-0.25, -0.2) is 14.6 Å². The number of hydrogen-bond acceptors (Lipinski definition) is 2. The van der Waals surface area contributed by atoms with Crippen molar-refractivity contribution in [2.45, 2.75) is 6.92 Å². The smallest absolute Gasteiger partial charge is 0.332 e. The van der Waals surface area contributed by atoms with Crippen LogP contribution in [0, 0.1) is 16.3 Å². The van der Waals surface area contributed by atoms with E-state index in [1.807, 2.05) is 28.0 Å². The molecule has 0 bridgehead atoms. The van der Waals surface area contributed by atoms with Crippen LogP contribution in [-0.4, -0.2) is 12.2 Å². The lowest BCUT2D eigenvalue weighted by molar-refractivity contribution is 0.249. The SMILES string of the molecule is Cc1c(F)cc(C=NNC(N)=O)cc1I. The number of primary amides is 1. The van der Waals surface area contributed by atoms with Crippen molar-refractivity contribution in [1.29, 1.82) is 0 Å². The van der Waals surface area contributed by atoms with Gasteiger partial charge >= 0.3 is 6.03 Å². The molecule has 0 radical (unpaired) electrons. The standard InChI is InChI=1S/C9H9FIN3O/c1-5-7(10)2-6(3-8(5)11)4-13-14-9(12)15/h2-4H,1H3,(H3,12,14,15). The molecule has 0 unspecified atom stereocenters. The fourth-order valence-corrected chi connectivity index (χ4v) is 1.53. The number of nitrogens with zero attached hydrogens (tertiary/aromatic N) is 1. The average Bonchev–Trinajstić information content (AvgIpc) is 2.13. The molecule has 0 aliphatic heterocycles. The van der Waals surface area contributed by atoms with Crippen LogP contribution in [0.4, 0.5) is 9.18 Å². The lowest BCUT2D eigenvalue weighted by atomic mass is 10.1. The average molecular weight is 321 g/mol. The zero-order valence-electron chi connectivity index (χ0n) is 7.92. The third-order valence-electron chi connectivity index (χ3n) is 1.69. The highest BCUT2D eigenvalue weighted by molar-refractivity contribution is 14.1. The summed E-state index contributed by atoms with van der Waals surface area (Å²) in [4.78, 5) is 10.3. The van der Waals surface area contributed by atoms with Crippen LogP contribution in [-0.2, 0) is 0 Å². The molecule has 0 heterocycles. The third-order valence-corrected chi connectivity index (χ3v) is 2.81. The Morgan fingerprint density at radius 2 is 2.33 bits per heavy atom. The molecule has 0 saturated carbocycles. The number of nitrogens with two attached hydrogens (primary N) is 1. The maximum Gasteiger partial charge on any atom is 0.332 e. The predicted molar refractivity (Wildman–Crippen MR) is 64.2 cm³/mol. The highest BCUT2D eigenvalue weighted by Crippen LogP contribution is 2.16. The van der Waals surface area contributed by atoms with Crippen molar-refractivity contribution in [2.75, 3.05) is 0 Å². The van der Waals surface area contributed by atoms with Gasteiger partial charge in [0.2, 0.25) is 0 Å². The Morgan fingerprint density at radius 3 is 2.87 bits per heavy atom. The zero-order chi connectivity index (χ0) is 11.4. The van der Waals surface area contributed by atoms with Gasteiger partial charge < -0.3 is 5.73 Å². The third kappa shape index (κ3) is 3.46. The van der Waals surface area contributed by atoms with Crippen LogP contribution in [0.3, 0.4) is 0 Å². The van der Waals surface area contributed by atoms with Crippen LogP contribution >= 0.6 is 22.6 Å². The van der Waals surface area contributed by atoms with Gasteiger partial charge in [-0.3, -0.25) is 0 Å². The topological polar surface area (TPSA) is 67.5 Å². The maximum absolute atomic E-state index is 13.2. The van der Waals surface area contributed by atoms with E-state index in [9.17, 15) is 9.18 Å². The van der Waals surface area contributed by atoms with Gasteiger partial charge in [0.15, 0.2) is 0 Å². The van der Waals surface area contributed by atoms with Crippen molar-refractivity contribution in [3.63, 3.8) is 0 Å². The molecule has 1 aromatic rings. The number of nitrogens with one attached hydrogen (secondary N) is 1. The zero-order valence-corrected chi connectivity index (χ0v) is 10.1. The minimum Gasteiger partial charge on any atom is -0.350 e. The van der Waals surface area contributed by atoms with Gasteiger partial charge in [-0.15, -0.1) is 0 Å². The molecule has 0 fully saturated rings. The number of carbonyl (C=O) groups is 1. The van der Waals surface area contributed by atoms with Gasteiger partial charge in [-0.05, 0) is 52.8 Å². The summed E-state index contributed by atoms with van der Waals surface area (Å²) in [6.07, 6.45) is 1.33. The summed E-state index contributed by atoms with van der Waals surface area (Å²) < 4.78 is 14.0. The molecule has 0 spiro atoms. The number of amides is 2. The molecule has 80 valence electrons. The second-order valence-corrected chi connectivity index (χ2v) is 4.01. The molecule has 0 saturated heterocycles. The summed E-state index contributed by atoms with van der Waals surface area (Å²) >= 11 is 2.03. The van der Waals surface area contributed by atoms with Crippen LogP contribution in [0.5, 0.6) is 0 Å². The minimum absolute atomic E-state index is 0.303. The van der Waals surface area contributed by atoms with Gasteiger partial charge in [-0.2, -0.15) is 5.10 Å². The van der Waals surface area contributed by atoms with E-state index in [4.69, 9.17) is 5.73 Å². The van der Waals surface area contributed by atoms with Crippen molar-refractivity contribution in [3.8, 4) is 0 Å². The summed E-state index contributed by atoms with van der Waals surface area (Å²) in [7, 11) is 0. The van der Waals surface area contributed by atoms with Crippen LogP contribution in [0.2, 0.25) is 0 Å². The lowest BCUT2D eigenvalue weighted by Crippen LogP contribution is -2.24. The first kappa shape index (κ1) is 11.9. The first-order valence-electron chi connectivity index (χ1n) is 4.05. The number of benzene rings is 1. The van der Waals surface area contributed by atoms with Gasteiger partial charge in [0.1, 0.15) is 5.82 Å². The maximum atomic E-state index is 13.2. The predicted octanol–water partition coefficient (Wildman–Crippen LogP) is 1.74. The van der Waals surface area contributed by atoms with Gasteiger partial charge in [0, 0.05) is 3.57 Å². The van der Waals surface area contributed by atoms with E-state index < -0.39 is 6.03 Å². The van der Waals surface area contributed by atoms with Crippen LogP contribution in [0.25, 0.3) is 0 Å².